The molecule has 0 saturated heterocycles. The molecule has 8 heteroatoms. The van der Waals surface area contributed by atoms with Crippen LogP contribution in [0.15, 0.2) is 108 Å². The van der Waals surface area contributed by atoms with Crippen molar-refractivity contribution in [2.24, 2.45) is 5.10 Å². The maximum Gasteiger partial charge on any atom is 0.343 e. The number of ketones is 1. The molecule has 0 N–H and O–H groups in total. The summed E-state index contributed by atoms with van der Waals surface area (Å²) in [5.41, 5.74) is 2.76. The number of nitrogens with zero attached hydrogens (tertiary/aromatic N) is 3. The molecule has 0 aliphatic carbocycles. The number of ether oxygens (including phenoxy) is 3. The Bertz CT molecular complexity index is 1500. The van der Waals surface area contributed by atoms with Crippen molar-refractivity contribution in [3.63, 3.8) is 0 Å². The summed E-state index contributed by atoms with van der Waals surface area (Å²) >= 11 is 0. The Hall–Kier alpha value is -5.11. The molecule has 1 aliphatic heterocycles. The third-order valence-corrected chi connectivity index (χ3v) is 6.29. The summed E-state index contributed by atoms with van der Waals surface area (Å²) in [4.78, 5) is 27.4. The molecule has 1 heterocycles. The maximum atomic E-state index is 12.8. The minimum absolute atomic E-state index is 0.186. The number of carbonyl (C=O) groups is 2. The number of benzene rings is 4. The maximum absolute atomic E-state index is 12.8. The monoisotopic (exact) mass is 521 g/mol. The van der Waals surface area contributed by atoms with Gasteiger partial charge >= 0.3 is 5.97 Å². The average Bonchev–Trinajstić information content (AvgIpc) is 3.39. The Balaban J connectivity index is 1.58. The molecule has 0 amide bonds. The minimum atomic E-state index is -0.535. The van der Waals surface area contributed by atoms with Gasteiger partial charge in [-0.05, 0) is 60.7 Å². The Kier molecular flexibility index (Phi) is 7.27. The van der Waals surface area contributed by atoms with Crippen LogP contribution in [0.25, 0.3) is 0 Å². The van der Waals surface area contributed by atoms with Crippen molar-refractivity contribution in [2.75, 3.05) is 24.1 Å². The molecule has 8 nitrogen and oxygen atoms in total. The van der Waals surface area contributed by atoms with Gasteiger partial charge in [0.15, 0.2) is 29.3 Å². The van der Waals surface area contributed by atoms with Gasteiger partial charge in [0.05, 0.1) is 25.5 Å². The van der Waals surface area contributed by atoms with E-state index in [0.29, 0.717) is 17.1 Å². The number of hydrogen-bond donors (Lipinski definition) is 0. The molecule has 1 aliphatic rings. The Morgan fingerprint density at radius 2 is 1.41 bits per heavy atom. The number of carbonyl (C=O) groups excluding carboxylic acids is 2. The largest absolute Gasteiger partial charge is 0.497 e. The lowest BCUT2D eigenvalue weighted by Gasteiger charge is -2.32. The average molecular weight is 522 g/mol. The molecule has 0 spiro atoms. The van der Waals surface area contributed by atoms with Crippen LogP contribution in [0.5, 0.6) is 17.2 Å². The van der Waals surface area contributed by atoms with Crippen LogP contribution < -0.4 is 24.1 Å². The van der Waals surface area contributed by atoms with E-state index >= 15 is 0 Å². The van der Waals surface area contributed by atoms with Crippen molar-refractivity contribution in [3.8, 4) is 17.2 Å². The predicted octanol–water partition coefficient (Wildman–Crippen LogP) is 5.85. The van der Waals surface area contributed by atoms with Crippen LogP contribution in [0.4, 0.5) is 11.4 Å². The van der Waals surface area contributed by atoms with E-state index in [0.717, 1.165) is 16.9 Å². The molecule has 4 aromatic rings. The zero-order valence-corrected chi connectivity index (χ0v) is 21.8. The van der Waals surface area contributed by atoms with Crippen molar-refractivity contribution in [2.45, 2.75) is 13.1 Å². The first-order valence-electron chi connectivity index (χ1n) is 12.3. The van der Waals surface area contributed by atoms with Crippen LogP contribution in [0.2, 0.25) is 0 Å². The van der Waals surface area contributed by atoms with Crippen molar-refractivity contribution in [3.05, 3.63) is 114 Å². The first-order chi connectivity index (χ1) is 19.0. The molecule has 5 rings (SSSR count). The highest BCUT2D eigenvalue weighted by Gasteiger charge is 2.39. The van der Waals surface area contributed by atoms with E-state index in [1.165, 1.54) is 14.0 Å². The number of hydrogen-bond acceptors (Lipinski definition) is 8. The number of rotatable bonds is 8. The number of para-hydroxylation sites is 1. The van der Waals surface area contributed by atoms with Gasteiger partial charge in [0.2, 0.25) is 0 Å². The summed E-state index contributed by atoms with van der Waals surface area (Å²) in [7, 11) is 3.12. The van der Waals surface area contributed by atoms with Crippen LogP contribution >= 0.6 is 0 Å². The van der Waals surface area contributed by atoms with Gasteiger partial charge in [0, 0.05) is 18.2 Å². The molecule has 0 bridgehead atoms. The van der Waals surface area contributed by atoms with E-state index in [1.807, 2.05) is 71.6 Å². The van der Waals surface area contributed by atoms with E-state index in [-0.39, 0.29) is 17.4 Å². The standard InChI is InChI=1S/C31H27N3O5/c1-21(35)29-32-34(25-12-8-5-9-13-25)30(33(29)24-15-17-26(37-2)18-16-24)23-14-19-27(28(20-23)38-3)39-31(36)22-10-6-4-7-11-22/h4-20,30H,1-3H3. The SMILES string of the molecule is COc1ccc(N2C(C(C)=O)=NN(c3ccccc3)C2c2ccc(OC(=O)c3ccccc3)c(OC)c2)cc1. The molecule has 39 heavy (non-hydrogen) atoms. The van der Waals surface area contributed by atoms with Crippen molar-refractivity contribution >= 4 is 29.0 Å². The molecule has 0 radical (unpaired) electrons. The topological polar surface area (TPSA) is 80.7 Å². The molecule has 0 fully saturated rings. The number of anilines is 2. The van der Waals surface area contributed by atoms with Crippen LogP contribution in [-0.2, 0) is 4.79 Å². The van der Waals surface area contributed by atoms with E-state index in [1.54, 1.807) is 48.5 Å². The molecule has 1 unspecified atom stereocenters. The van der Waals surface area contributed by atoms with Gasteiger partial charge in [-0.1, -0.05) is 42.5 Å². The van der Waals surface area contributed by atoms with Crippen molar-refractivity contribution in [1.82, 2.24) is 0 Å². The van der Waals surface area contributed by atoms with Crippen LogP contribution in [0.1, 0.15) is 29.0 Å². The van der Waals surface area contributed by atoms with E-state index in [9.17, 15) is 9.59 Å². The molecule has 0 aromatic heterocycles. The molecule has 0 saturated carbocycles. The van der Waals surface area contributed by atoms with Gasteiger partial charge < -0.3 is 14.2 Å². The summed E-state index contributed by atoms with van der Waals surface area (Å²) in [6.07, 6.45) is -0.535. The fourth-order valence-corrected chi connectivity index (χ4v) is 4.41. The number of Topliss-reactive ketones (excluding diaryl/α,β-unsaturated/α-hetero) is 1. The normalized spacial score (nSPS) is 14.5. The van der Waals surface area contributed by atoms with E-state index in [4.69, 9.17) is 19.3 Å². The van der Waals surface area contributed by atoms with Gasteiger partial charge in [0.25, 0.3) is 0 Å². The lowest BCUT2D eigenvalue weighted by Crippen LogP contribution is -2.37. The molecule has 1 atom stereocenters. The lowest BCUT2D eigenvalue weighted by atomic mass is 10.1. The summed E-state index contributed by atoms with van der Waals surface area (Å²) in [6, 6.07) is 31.1. The summed E-state index contributed by atoms with van der Waals surface area (Å²) in [5, 5.41) is 6.55. The predicted molar refractivity (Wildman–Crippen MR) is 150 cm³/mol. The number of amidine groups is 1. The second-order valence-electron chi connectivity index (χ2n) is 8.77. The molecule has 4 aromatic carbocycles. The highest BCUT2D eigenvalue weighted by molar-refractivity contribution is 6.44. The summed E-state index contributed by atoms with van der Waals surface area (Å²) in [6.45, 7) is 1.49. The smallest absolute Gasteiger partial charge is 0.343 e. The van der Waals surface area contributed by atoms with Crippen LogP contribution in [-0.4, -0.2) is 31.8 Å². The highest BCUT2D eigenvalue weighted by atomic mass is 16.6. The van der Waals surface area contributed by atoms with Crippen molar-refractivity contribution in [1.29, 1.82) is 0 Å². The first kappa shape index (κ1) is 25.5. The fraction of sp³-hybridized carbons (Fsp3) is 0.129. The first-order valence-corrected chi connectivity index (χ1v) is 12.3. The van der Waals surface area contributed by atoms with E-state index < -0.39 is 12.1 Å². The van der Waals surface area contributed by atoms with E-state index in [2.05, 4.69) is 0 Å². The Morgan fingerprint density at radius 3 is 2.03 bits per heavy atom. The molecule has 196 valence electrons. The van der Waals surface area contributed by atoms with Crippen molar-refractivity contribution < 1.29 is 23.8 Å². The Morgan fingerprint density at radius 1 is 0.744 bits per heavy atom. The number of esters is 1. The second kappa shape index (κ2) is 11.1. The van der Waals surface area contributed by atoms with Gasteiger partial charge in [-0.2, -0.15) is 0 Å². The Labute approximate surface area is 226 Å². The summed E-state index contributed by atoms with van der Waals surface area (Å²) < 4.78 is 16.6. The molecular formula is C31H27N3O5. The minimum Gasteiger partial charge on any atom is -0.497 e. The van der Waals surface area contributed by atoms with Crippen LogP contribution in [0, 0.1) is 0 Å². The number of methoxy groups -OCH3 is 2. The second-order valence-corrected chi connectivity index (χ2v) is 8.77. The van der Waals surface area contributed by atoms with Gasteiger partial charge in [0.1, 0.15) is 5.75 Å². The zero-order chi connectivity index (χ0) is 27.4. The third kappa shape index (κ3) is 5.17. The highest BCUT2D eigenvalue weighted by Crippen LogP contribution is 2.42. The fourth-order valence-electron chi connectivity index (χ4n) is 4.41. The van der Waals surface area contributed by atoms with Gasteiger partial charge in [-0.25, -0.2) is 9.80 Å². The van der Waals surface area contributed by atoms with Gasteiger partial charge in [-0.15, -0.1) is 5.10 Å². The lowest BCUT2D eigenvalue weighted by molar-refractivity contribution is -0.111. The molecular weight excluding hydrogens is 494 g/mol. The van der Waals surface area contributed by atoms with Gasteiger partial charge in [-0.3, -0.25) is 9.69 Å². The summed E-state index contributed by atoms with van der Waals surface area (Å²) in [5.74, 6) is 0.957. The quantitative estimate of drug-likeness (QED) is 0.213. The third-order valence-electron chi connectivity index (χ3n) is 6.29. The van der Waals surface area contributed by atoms with Crippen LogP contribution in [0.3, 0.4) is 0 Å². The zero-order valence-electron chi connectivity index (χ0n) is 21.8. The number of hydrazone groups is 1.